The highest BCUT2D eigenvalue weighted by molar-refractivity contribution is 6.43. The van der Waals surface area contributed by atoms with Crippen LogP contribution in [0.1, 0.15) is 23.1 Å². The highest BCUT2D eigenvalue weighted by Gasteiger charge is 2.14. The third-order valence-electron chi connectivity index (χ3n) is 2.62. The van der Waals surface area contributed by atoms with Gasteiger partial charge in [0.05, 0.1) is 21.3 Å². The normalized spacial score (nSPS) is 10.6. The fraction of sp³-hybridized carbons (Fsp3) is 0.250. The van der Waals surface area contributed by atoms with Crippen LogP contribution in [0.5, 0.6) is 0 Å². The summed E-state index contributed by atoms with van der Waals surface area (Å²) in [6, 6.07) is 2.83. The van der Waals surface area contributed by atoms with Crippen LogP contribution in [0.4, 0.5) is 5.69 Å². The fourth-order valence-corrected chi connectivity index (χ4v) is 1.94. The number of hydrogen-bond acceptors (Lipinski definition) is 5. The zero-order chi connectivity index (χ0) is 14.7. The minimum absolute atomic E-state index is 0.0207. The molecule has 0 saturated heterocycles. The monoisotopic (exact) mass is 314 g/mol. The Morgan fingerprint density at radius 3 is 2.85 bits per heavy atom. The molecule has 6 nitrogen and oxygen atoms in total. The minimum Gasteiger partial charge on any atom is -0.454 e. The average molecular weight is 315 g/mol. The quantitative estimate of drug-likeness (QED) is 0.692. The number of ether oxygens (including phenoxy) is 1. The van der Waals surface area contributed by atoms with E-state index in [4.69, 9.17) is 33.7 Å². The number of halogens is 2. The summed E-state index contributed by atoms with van der Waals surface area (Å²) in [6.07, 6.45) is 1.41. The number of aryl methyl sites for hydroxylation is 1. The maximum Gasteiger partial charge on any atom is 0.338 e. The molecule has 2 N–H and O–H groups in total. The third-order valence-corrected chi connectivity index (χ3v) is 3.44. The molecule has 0 aliphatic rings. The summed E-state index contributed by atoms with van der Waals surface area (Å²) in [6.45, 7) is 2.58. The molecule has 2 rings (SSSR count). The summed E-state index contributed by atoms with van der Waals surface area (Å²) < 4.78 is 6.78. The largest absolute Gasteiger partial charge is 0.454 e. The molecule has 20 heavy (non-hydrogen) atoms. The molecule has 0 fully saturated rings. The summed E-state index contributed by atoms with van der Waals surface area (Å²) in [5.41, 5.74) is 6.11. The number of nitrogens with two attached hydrogens (primary N) is 1. The van der Waals surface area contributed by atoms with Crippen LogP contribution < -0.4 is 5.73 Å². The lowest BCUT2D eigenvalue weighted by Crippen LogP contribution is -2.10. The second-order valence-corrected chi connectivity index (χ2v) is 4.71. The van der Waals surface area contributed by atoms with E-state index in [1.54, 1.807) is 4.68 Å². The summed E-state index contributed by atoms with van der Waals surface area (Å²) >= 11 is 11.7. The van der Waals surface area contributed by atoms with E-state index in [1.807, 2.05) is 6.92 Å². The van der Waals surface area contributed by atoms with Gasteiger partial charge in [0.15, 0.2) is 12.4 Å². The Bertz CT molecular complexity index is 619. The maximum atomic E-state index is 11.9. The highest BCUT2D eigenvalue weighted by atomic mass is 35.5. The number of aromatic nitrogens is 3. The number of esters is 1. The maximum absolute atomic E-state index is 11.9. The zero-order valence-electron chi connectivity index (χ0n) is 10.6. The summed E-state index contributed by atoms with van der Waals surface area (Å²) in [5, 5.41) is 4.40. The van der Waals surface area contributed by atoms with E-state index in [9.17, 15) is 4.79 Å². The second kappa shape index (κ2) is 6.11. The number of carbonyl (C=O) groups is 1. The van der Waals surface area contributed by atoms with Crippen LogP contribution in [-0.4, -0.2) is 20.7 Å². The van der Waals surface area contributed by atoms with Crippen LogP contribution in [0.3, 0.4) is 0 Å². The molecule has 0 amide bonds. The number of benzene rings is 1. The molecule has 0 atom stereocenters. The summed E-state index contributed by atoms with van der Waals surface area (Å²) in [4.78, 5) is 15.9. The van der Waals surface area contributed by atoms with Gasteiger partial charge in [-0.2, -0.15) is 5.10 Å². The summed E-state index contributed by atoms with van der Waals surface area (Å²) in [7, 11) is 0. The van der Waals surface area contributed by atoms with Gasteiger partial charge in [-0.25, -0.2) is 14.5 Å². The van der Waals surface area contributed by atoms with Crippen LogP contribution >= 0.6 is 23.2 Å². The molecule has 1 aromatic carbocycles. The van der Waals surface area contributed by atoms with E-state index in [0.717, 1.165) is 0 Å². The van der Waals surface area contributed by atoms with Gasteiger partial charge in [0.2, 0.25) is 0 Å². The van der Waals surface area contributed by atoms with Gasteiger partial charge in [0.25, 0.3) is 0 Å². The molecule has 0 saturated carbocycles. The molecule has 2 aromatic rings. The van der Waals surface area contributed by atoms with Crippen molar-refractivity contribution < 1.29 is 9.53 Å². The summed E-state index contributed by atoms with van der Waals surface area (Å²) in [5.74, 6) is 0.00908. The van der Waals surface area contributed by atoms with Gasteiger partial charge in [0, 0.05) is 6.54 Å². The number of nitrogens with zero attached hydrogens (tertiary/aromatic N) is 3. The minimum atomic E-state index is -0.555. The van der Waals surface area contributed by atoms with Crippen molar-refractivity contribution in [3.63, 3.8) is 0 Å². The number of rotatable bonds is 4. The third kappa shape index (κ3) is 3.02. The van der Waals surface area contributed by atoms with Crippen molar-refractivity contribution in [1.82, 2.24) is 14.8 Å². The Balaban J connectivity index is 2.09. The van der Waals surface area contributed by atoms with Crippen LogP contribution in [0.2, 0.25) is 10.0 Å². The van der Waals surface area contributed by atoms with Crippen molar-refractivity contribution in [3.05, 3.63) is 39.9 Å². The van der Waals surface area contributed by atoms with Crippen molar-refractivity contribution >= 4 is 34.9 Å². The van der Waals surface area contributed by atoms with Crippen LogP contribution in [-0.2, 0) is 17.9 Å². The van der Waals surface area contributed by atoms with Crippen molar-refractivity contribution in [2.24, 2.45) is 0 Å². The standard InChI is InChI=1S/C12H12Cl2N4O2/c1-2-18-10(16-6-17-18)5-20-12(19)7-3-8(13)11(14)9(15)4-7/h3-4,6H,2,5,15H2,1H3. The average Bonchev–Trinajstić information content (AvgIpc) is 2.89. The van der Waals surface area contributed by atoms with Gasteiger partial charge in [0.1, 0.15) is 6.33 Å². The molecular weight excluding hydrogens is 303 g/mol. The molecule has 0 bridgehead atoms. The predicted molar refractivity (Wildman–Crippen MR) is 75.7 cm³/mol. The fourth-order valence-electron chi connectivity index (χ4n) is 1.61. The van der Waals surface area contributed by atoms with Crippen molar-refractivity contribution in [3.8, 4) is 0 Å². The van der Waals surface area contributed by atoms with E-state index < -0.39 is 5.97 Å². The Morgan fingerprint density at radius 2 is 2.20 bits per heavy atom. The highest BCUT2D eigenvalue weighted by Crippen LogP contribution is 2.29. The molecule has 1 heterocycles. The smallest absolute Gasteiger partial charge is 0.338 e. The number of hydrogen-bond donors (Lipinski definition) is 1. The molecule has 106 valence electrons. The second-order valence-electron chi connectivity index (χ2n) is 3.93. The Morgan fingerprint density at radius 1 is 1.45 bits per heavy atom. The Kier molecular flexibility index (Phi) is 4.46. The van der Waals surface area contributed by atoms with E-state index in [-0.39, 0.29) is 27.9 Å². The molecule has 0 radical (unpaired) electrons. The number of carbonyl (C=O) groups excluding carboxylic acids is 1. The number of nitrogen functional groups attached to an aromatic ring is 1. The SMILES string of the molecule is CCn1ncnc1COC(=O)c1cc(N)c(Cl)c(Cl)c1. The lowest BCUT2D eigenvalue weighted by atomic mass is 10.2. The predicted octanol–water partition coefficient (Wildman–Crippen LogP) is 2.54. The van der Waals surface area contributed by atoms with E-state index in [0.29, 0.717) is 12.4 Å². The van der Waals surface area contributed by atoms with Crippen LogP contribution in [0.15, 0.2) is 18.5 Å². The topological polar surface area (TPSA) is 83.0 Å². The van der Waals surface area contributed by atoms with Gasteiger partial charge in [-0.3, -0.25) is 0 Å². The first-order valence-electron chi connectivity index (χ1n) is 5.81. The van der Waals surface area contributed by atoms with Gasteiger partial charge in [-0.1, -0.05) is 23.2 Å². The zero-order valence-corrected chi connectivity index (χ0v) is 12.1. The van der Waals surface area contributed by atoms with Crippen LogP contribution in [0.25, 0.3) is 0 Å². The van der Waals surface area contributed by atoms with E-state index in [1.165, 1.54) is 18.5 Å². The first-order chi connectivity index (χ1) is 9.52. The van der Waals surface area contributed by atoms with Crippen molar-refractivity contribution in [2.45, 2.75) is 20.1 Å². The lowest BCUT2D eigenvalue weighted by molar-refractivity contribution is 0.0457. The molecule has 0 aliphatic carbocycles. The molecular formula is C12H12Cl2N4O2. The molecule has 0 unspecified atom stereocenters. The van der Waals surface area contributed by atoms with Crippen LogP contribution in [0, 0.1) is 0 Å². The van der Waals surface area contributed by atoms with Gasteiger partial charge < -0.3 is 10.5 Å². The van der Waals surface area contributed by atoms with E-state index >= 15 is 0 Å². The molecule has 0 aliphatic heterocycles. The Hall–Kier alpha value is -1.79. The lowest BCUT2D eigenvalue weighted by Gasteiger charge is -2.07. The number of anilines is 1. The molecule has 8 heteroatoms. The first kappa shape index (κ1) is 14.6. The Labute approximate surface area is 125 Å². The van der Waals surface area contributed by atoms with Crippen molar-refractivity contribution in [2.75, 3.05) is 5.73 Å². The van der Waals surface area contributed by atoms with Crippen molar-refractivity contribution in [1.29, 1.82) is 0 Å². The van der Waals surface area contributed by atoms with E-state index in [2.05, 4.69) is 10.1 Å². The molecule has 1 aromatic heterocycles. The van der Waals surface area contributed by atoms with Gasteiger partial charge >= 0.3 is 5.97 Å². The first-order valence-corrected chi connectivity index (χ1v) is 6.56. The van der Waals surface area contributed by atoms with Gasteiger partial charge in [-0.15, -0.1) is 0 Å². The molecule has 0 spiro atoms. The van der Waals surface area contributed by atoms with Gasteiger partial charge in [-0.05, 0) is 19.1 Å².